The predicted octanol–water partition coefficient (Wildman–Crippen LogP) is 4.97. The first kappa shape index (κ1) is 18.5. The van der Waals surface area contributed by atoms with E-state index in [0.717, 1.165) is 24.3 Å². The fourth-order valence-corrected chi connectivity index (χ4v) is 3.27. The van der Waals surface area contributed by atoms with Crippen molar-refractivity contribution in [3.63, 3.8) is 0 Å². The first-order valence-electron chi connectivity index (χ1n) is 9.12. The summed E-state index contributed by atoms with van der Waals surface area (Å²) in [7, 11) is 0. The van der Waals surface area contributed by atoms with Gasteiger partial charge in [-0.25, -0.2) is 4.98 Å². The summed E-state index contributed by atoms with van der Waals surface area (Å²) in [5.74, 6) is 0.595. The number of nitrogens with one attached hydrogen (secondary N) is 2. The zero-order valence-electron chi connectivity index (χ0n) is 14.8. The highest BCUT2D eigenvalue weighted by Gasteiger charge is 2.08. The third kappa shape index (κ3) is 5.33. The van der Waals surface area contributed by atoms with Crippen molar-refractivity contribution in [2.75, 3.05) is 11.9 Å². The Hall–Kier alpha value is -2.33. The van der Waals surface area contributed by atoms with Crippen LogP contribution in [-0.4, -0.2) is 17.4 Å². The van der Waals surface area contributed by atoms with Gasteiger partial charge in [-0.2, -0.15) is 0 Å². The van der Waals surface area contributed by atoms with E-state index in [1.807, 2.05) is 24.3 Å². The quantitative estimate of drug-likeness (QED) is 0.677. The second-order valence-corrected chi connectivity index (χ2v) is 6.90. The monoisotopic (exact) mass is 369 g/mol. The van der Waals surface area contributed by atoms with Crippen LogP contribution in [0.15, 0.2) is 54.2 Å². The topological polar surface area (TPSA) is 54.0 Å². The molecule has 0 aliphatic heterocycles. The minimum absolute atomic E-state index is 0.134. The van der Waals surface area contributed by atoms with Gasteiger partial charge in [0.2, 0.25) is 0 Å². The van der Waals surface area contributed by atoms with Gasteiger partial charge in [-0.3, -0.25) is 4.79 Å². The third-order valence-electron chi connectivity index (χ3n) is 4.56. The number of carbonyl (C=O) groups excluding carboxylic acids is 1. The average molecular weight is 370 g/mol. The zero-order chi connectivity index (χ0) is 18.2. The van der Waals surface area contributed by atoms with Gasteiger partial charge < -0.3 is 10.6 Å². The summed E-state index contributed by atoms with van der Waals surface area (Å²) in [4.78, 5) is 16.7. The van der Waals surface area contributed by atoms with Gasteiger partial charge in [0.1, 0.15) is 5.82 Å². The van der Waals surface area contributed by atoms with Gasteiger partial charge >= 0.3 is 0 Å². The van der Waals surface area contributed by atoms with Crippen molar-refractivity contribution in [1.29, 1.82) is 0 Å². The molecule has 1 aliphatic carbocycles. The van der Waals surface area contributed by atoms with Crippen molar-refractivity contribution in [3.8, 4) is 0 Å². The number of pyridine rings is 1. The Kier molecular flexibility index (Phi) is 6.67. The highest BCUT2D eigenvalue weighted by Crippen LogP contribution is 2.20. The smallest absolute Gasteiger partial charge is 0.251 e. The molecule has 1 aromatic heterocycles. The molecular weight excluding hydrogens is 346 g/mol. The normalized spacial score (nSPS) is 13.8. The molecule has 0 radical (unpaired) electrons. The highest BCUT2D eigenvalue weighted by molar-refractivity contribution is 6.31. The van der Waals surface area contributed by atoms with Crippen LogP contribution in [0, 0.1) is 0 Å². The van der Waals surface area contributed by atoms with Crippen molar-refractivity contribution in [2.24, 2.45) is 0 Å². The van der Waals surface area contributed by atoms with E-state index in [9.17, 15) is 4.79 Å². The van der Waals surface area contributed by atoms with Crippen LogP contribution in [0.2, 0.25) is 5.02 Å². The summed E-state index contributed by atoms with van der Waals surface area (Å²) in [5.41, 5.74) is 3.01. The van der Waals surface area contributed by atoms with Gasteiger partial charge in [0, 0.05) is 29.9 Å². The van der Waals surface area contributed by atoms with E-state index in [4.69, 9.17) is 11.6 Å². The van der Waals surface area contributed by atoms with Crippen LogP contribution in [0.25, 0.3) is 0 Å². The predicted molar refractivity (Wildman–Crippen MR) is 107 cm³/mol. The molecule has 0 bridgehead atoms. The van der Waals surface area contributed by atoms with Gasteiger partial charge in [0.15, 0.2) is 0 Å². The van der Waals surface area contributed by atoms with E-state index in [1.165, 1.54) is 31.3 Å². The molecule has 0 spiro atoms. The number of hydrogen-bond donors (Lipinski definition) is 2. The number of nitrogens with zero attached hydrogens (tertiary/aromatic N) is 1. The Morgan fingerprint density at radius 2 is 2.08 bits per heavy atom. The van der Waals surface area contributed by atoms with Crippen LogP contribution in [0.1, 0.15) is 48.0 Å². The fraction of sp³-hybridized carbons (Fsp3) is 0.333. The number of halogens is 1. The summed E-state index contributed by atoms with van der Waals surface area (Å²) in [6, 6.07) is 11.0. The molecule has 0 unspecified atom stereocenters. The van der Waals surface area contributed by atoms with E-state index < -0.39 is 0 Å². The summed E-state index contributed by atoms with van der Waals surface area (Å²) in [5, 5.41) is 6.87. The lowest BCUT2D eigenvalue weighted by atomic mass is 9.97. The van der Waals surface area contributed by atoms with Crippen molar-refractivity contribution in [3.05, 3.63) is 70.4 Å². The third-order valence-corrected chi connectivity index (χ3v) is 4.93. The lowest BCUT2D eigenvalue weighted by Crippen LogP contribution is -2.23. The highest BCUT2D eigenvalue weighted by atomic mass is 35.5. The zero-order valence-corrected chi connectivity index (χ0v) is 15.6. The van der Waals surface area contributed by atoms with E-state index >= 15 is 0 Å². The molecule has 0 atom stereocenters. The van der Waals surface area contributed by atoms with Crippen LogP contribution in [0.5, 0.6) is 0 Å². The van der Waals surface area contributed by atoms with Crippen molar-refractivity contribution in [1.82, 2.24) is 10.3 Å². The summed E-state index contributed by atoms with van der Waals surface area (Å²) in [6.45, 7) is 1.24. The van der Waals surface area contributed by atoms with E-state index in [-0.39, 0.29) is 5.91 Å². The fourth-order valence-electron chi connectivity index (χ4n) is 3.07. The molecule has 26 heavy (non-hydrogen) atoms. The molecule has 1 aromatic carbocycles. The number of aromatic nitrogens is 1. The number of allylic oxidation sites excluding steroid dienone is 1. The van der Waals surface area contributed by atoms with Gasteiger partial charge in [-0.15, -0.1) is 0 Å². The van der Waals surface area contributed by atoms with Crippen LogP contribution in [0.4, 0.5) is 5.82 Å². The second kappa shape index (κ2) is 9.39. The minimum atomic E-state index is -0.134. The van der Waals surface area contributed by atoms with Crippen molar-refractivity contribution in [2.45, 2.75) is 38.6 Å². The Morgan fingerprint density at radius 3 is 2.88 bits per heavy atom. The maximum atomic E-state index is 12.4. The van der Waals surface area contributed by atoms with Crippen LogP contribution in [0.3, 0.4) is 0 Å². The molecular formula is C21H24ClN3O. The molecule has 4 nitrogen and oxygen atoms in total. The second-order valence-electron chi connectivity index (χ2n) is 6.49. The van der Waals surface area contributed by atoms with E-state index in [0.29, 0.717) is 17.1 Å². The van der Waals surface area contributed by atoms with Crippen molar-refractivity contribution >= 4 is 23.3 Å². The molecule has 0 fully saturated rings. The standard InChI is InChI=1S/C21H24ClN3O/c22-19-9-5-4-8-18(19)15-25-21(26)17-11-13-24-20(14-17)23-12-10-16-6-2-1-3-7-16/h4-6,8-9,11,13-14H,1-3,7,10,12,15H2,(H,23,24)(H,25,26). The molecule has 5 heteroatoms. The summed E-state index contributed by atoms with van der Waals surface area (Å²) < 4.78 is 0. The molecule has 1 heterocycles. The molecule has 2 N–H and O–H groups in total. The number of carbonyl (C=O) groups is 1. The van der Waals surface area contributed by atoms with Gasteiger partial charge in [0.05, 0.1) is 0 Å². The Balaban J connectivity index is 1.52. The molecule has 0 saturated carbocycles. The van der Waals surface area contributed by atoms with Crippen LogP contribution < -0.4 is 10.6 Å². The molecule has 136 valence electrons. The molecule has 1 aliphatic rings. The lowest BCUT2D eigenvalue weighted by molar-refractivity contribution is 0.0951. The lowest BCUT2D eigenvalue weighted by Gasteiger charge is -2.13. The Bertz CT molecular complexity index is 788. The largest absolute Gasteiger partial charge is 0.370 e. The van der Waals surface area contributed by atoms with E-state index in [2.05, 4.69) is 21.7 Å². The first-order chi connectivity index (χ1) is 12.7. The first-order valence-corrected chi connectivity index (χ1v) is 9.49. The van der Waals surface area contributed by atoms with Gasteiger partial charge in [-0.05, 0) is 55.9 Å². The Labute approximate surface area is 159 Å². The number of amides is 1. The molecule has 0 saturated heterocycles. The van der Waals surface area contributed by atoms with Gasteiger partial charge in [-0.1, -0.05) is 41.4 Å². The van der Waals surface area contributed by atoms with E-state index in [1.54, 1.807) is 18.3 Å². The van der Waals surface area contributed by atoms with Gasteiger partial charge in [0.25, 0.3) is 5.91 Å². The summed E-state index contributed by atoms with van der Waals surface area (Å²) >= 11 is 6.12. The SMILES string of the molecule is O=C(NCc1ccccc1Cl)c1ccnc(NCCC2=CCCCC2)c1. The maximum absolute atomic E-state index is 12.4. The number of rotatable bonds is 7. The summed E-state index contributed by atoms with van der Waals surface area (Å²) in [6.07, 6.45) is 10.1. The number of benzene rings is 1. The number of anilines is 1. The average Bonchev–Trinajstić information content (AvgIpc) is 2.68. The van der Waals surface area contributed by atoms with Crippen molar-refractivity contribution < 1.29 is 4.79 Å². The van der Waals surface area contributed by atoms with Crippen LogP contribution >= 0.6 is 11.6 Å². The van der Waals surface area contributed by atoms with Crippen LogP contribution in [-0.2, 0) is 6.54 Å². The molecule has 2 aromatic rings. The Morgan fingerprint density at radius 1 is 1.19 bits per heavy atom. The molecule has 1 amide bonds. The molecule has 3 rings (SSSR count). The maximum Gasteiger partial charge on any atom is 0.251 e. The number of hydrogen-bond acceptors (Lipinski definition) is 3. The minimum Gasteiger partial charge on any atom is -0.370 e.